The summed E-state index contributed by atoms with van der Waals surface area (Å²) in [5, 5.41) is 3.76. The molecule has 0 bridgehead atoms. The Bertz CT molecular complexity index is 1000. The lowest BCUT2D eigenvalue weighted by atomic mass is 10.2. The van der Waals surface area contributed by atoms with Crippen molar-refractivity contribution in [1.29, 1.82) is 0 Å². The highest BCUT2D eigenvalue weighted by Gasteiger charge is 2.29. The smallest absolute Gasteiger partial charge is 0.243 e. The molecule has 1 saturated heterocycles. The van der Waals surface area contributed by atoms with E-state index in [0.29, 0.717) is 47.7 Å². The van der Waals surface area contributed by atoms with E-state index < -0.39 is 10.0 Å². The van der Waals surface area contributed by atoms with E-state index in [-0.39, 0.29) is 6.79 Å². The van der Waals surface area contributed by atoms with Crippen LogP contribution in [0, 0.1) is 0 Å². The second-order valence-electron chi connectivity index (χ2n) is 6.89. The molecule has 0 spiro atoms. The van der Waals surface area contributed by atoms with Crippen LogP contribution in [0.1, 0.15) is 12.5 Å². The van der Waals surface area contributed by atoms with E-state index in [1.165, 1.54) is 4.31 Å². The third-order valence-electron chi connectivity index (χ3n) is 5.12. The van der Waals surface area contributed by atoms with Gasteiger partial charge in [0.05, 0.1) is 4.90 Å². The van der Waals surface area contributed by atoms with Crippen LogP contribution in [0.4, 0.5) is 5.69 Å². The topological polar surface area (TPSA) is 71.1 Å². The molecule has 0 amide bonds. The van der Waals surface area contributed by atoms with Crippen molar-refractivity contribution in [3.05, 3.63) is 48.0 Å². The molecular weight excluding hydrogens is 410 g/mol. The molecule has 0 radical (unpaired) electrons. The molecule has 0 saturated carbocycles. The Morgan fingerprint density at radius 3 is 2.41 bits per heavy atom. The zero-order chi connectivity index (χ0) is 20.4. The number of benzene rings is 2. The normalized spacial score (nSPS) is 16.7. The molecule has 7 nitrogen and oxygen atoms in total. The molecule has 29 heavy (non-hydrogen) atoms. The lowest BCUT2D eigenvalue weighted by Crippen LogP contribution is -2.51. The van der Waals surface area contributed by atoms with Crippen molar-refractivity contribution >= 4 is 33.0 Å². The van der Waals surface area contributed by atoms with E-state index in [1.54, 1.807) is 12.1 Å². The van der Waals surface area contributed by atoms with Crippen molar-refractivity contribution in [3.8, 4) is 11.5 Å². The average Bonchev–Trinajstić information content (AvgIpc) is 3.22. The van der Waals surface area contributed by atoms with Gasteiger partial charge in [0.15, 0.2) is 16.6 Å². The molecule has 2 heterocycles. The molecule has 0 aliphatic carbocycles. The van der Waals surface area contributed by atoms with Crippen LogP contribution in [0.5, 0.6) is 11.5 Å². The fourth-order valence-corrected chi connectivity index (χ4v) is 5.08. The highest BCUT2D eigenvalue weighted by atomic mass is 32.2. The van der Waals surface area contributed by atoms with Crippen LogP contribution in [0.15, 0.2) is 47.4 Å². The fraction of sp³-hybridized carbons (Fsp3) is 0.350. The molecule has 1 N–H and O–H groups in total. The molecule has 154 valence electrons. The Labute approximate surface area is 176 Å². The van der Waals surface area contributed by atoms with Crippen LogP contribution in [0.3, 0.4) is 0 Å². The maximum atomic E-state index is 12.9. The van der Waals surface area contributed by atoms with Crippen molar-refractivity contribution in [2.24, 2.45) is 0 Å². The van der Waals surface area contributed by atoms with Crippen molar-refractivity contribution in [2.75, 3.05) is 38.3 Å². The zero-order valence-corrected chi connectivity index (χ0v) is 17.8. The quantitative estimate of drug-likeness (QED) is 0.744. The van der Waals surface area contributed by atoms with E-state index in [4.69, 9.17) is 21.7 Å². The first kappa shape index (κ1) is 19.9. The van der Waals surface area contributed by atoms with Gasteiger partial charge in [0.1, 0.15) is 0 Å². The summed E-state index contributed by atoms with van der Waals surface area (Å²) in [6.07, 6.45) is 0.882. The van der Waals surface area contributed by atoms with Crippen molar-refractivity contribution in [3.63, 3.8) is 0 Å². The Morgan fingerprint density at radius 1 is 1.03 bits per heavy atom. The monoisotopic (exact) mass is 433 g/mol. The Kier molecular flexibility index (Phi) is 5.62. The summed E-state index contributed by atoms with van der Waals surface area (Å²) >= 11 is 5.51. The highest BCUT2D eigenvalue weighted by Crippen LogP contribution is 2.34. The number of aryl methyl sites for hydroxylation is 1. The van der Waals surface area contributed by atoms with Crippen molar-refractivity contribution in [1.82, 2.24) is 9.21 Å². The summed E-state index contributed by atoms with van der Waals surface area (Å²) in [7, 11) is -3.49. The van der Waals surface area contributed by atoms with E-state index in [0.717, 1.165) is 17.7 Å². The second kappa shape index (κ2) is 8.17. The molecule has 1 fully saturated rings. The standard InChI is InChI=1S/C20H23N3O4S2/c1-2-15-3-6-17(7-4-15)29(24,25)23-11-9-22(10-12-23)20(28)21-16-5-8-18-19(13-16)27-14-26-18/h3-8,13H,2,9-12,14H2,1H3,(H,21,28). The molecule has 9 heteroatoms. The van der Waals surface area contributed by atoms with E-state index >= 15 is 0 Å². The Hall–Kier alpha value is -2.36. The van der Waals surface area contributed by atoms with Gasteiger partial charge in [-0.05, 0) is 48.5 Å². The van der Waals surface area contributed by atoms with Gasteiger partial charge in [-0.3, -0.25) is 0 Å². The van der Waals surface area contributed by atoms with Gasteiger partial charge >= 0.3 is 0 Å². The number of piperazine rings is 1. The van der Waals surface area contributed by atoms with Gasteiger partial charge in [-0.1, -0.05) is 19.1 Å². The highest BCUT2D eigenvalue weighted by molar-refractivity contribution is 7.89. The number of fused-ring (bicyclic) bond motifs is 1. The van der Waals surface area contributed by atoms with Gasteiger partial charge in [-0.15, -0.1) is 0 Å². The van der Waals surface area contributed by atoms with Gasteiger partial charge in [0.25, 0.3) is 0 Å². The van der Waals surface area contributed by atoms with Crippen molar-refractivity contribution < 1.29 is 17.9 Å². The zero-order valence-electron chi connectivity index (χ0n) is 16.1. The third-order valence-corrected chi connectivity index (χ3v) is 7.39. The predicted octanol–water partition coefficient (Wildman–Crippen LogP) is 2.68. The van der Waals surface area contributed by atoms with Crippen LogP contribution >= 0.6 is 12.2 Å². The third kappa shape index (κ3) is 4.17. The van der Waals surface area contributed by atoms with E-state index in [2.05, 4.69) is 5.32 Å². The maximum Gasteiger partial charge on any atom is 0.243 e. The first-order valence-electron chi connectivity index (χ1n) is 9.52. The summed E-state index contributed by atoms with van der Waals surface area (Å²) in [4.78, 5) is 2.32. The summed E-state index contributed by atoms with van der Waals surface area (Å²) in [5.41, 5.74) is 1.93. The largest absolute Gasteiger partial charge is 0.454 e. The molecule has 2 aliphatic rings. The van der Waals surface area contributed by atoms with Gasteiger partial charge < -0.3 is 19.7 Å². The summed E-state index contributed by atoms with van der Waals surface area (Å²) in [5.74, 6) is 1.40. The molecule has 2 aromatic carbocycles. The fourth-order valence-electron chi connectivity index (χ4n) is 3.35. The number of anilines is 1. The van der Waals surface area contributed by atoms with Gasteiger partial charge in [0, 0.05) is 37.9 Å². The molecule has 2 aliphatic heterocycles. The number of rotatable bonds is 4. The average molecular weight is 434 g/mol. The number of nitrogens with zero attached hydrogens (tertiary/aromatic N) is 2. The van der Waals surface area contributed by atoms with Gasteiger partial charge in [-0.25, -0.2) is 8.42 Å². The van der Waals surface area contributed by atoms with Crippen LogP contribution in [0.25, 0.3) is 0 Å². The second-order valence-corrected chi connectivity index (χ2v) is 9.21. The predicted molar refractivity (Wildman–Crippen MR) is 115 cm³/mol. The summed E-state index contributed by atoms with van der Waals surface area (Å²) < 4.78 is 38.0. The van der Waals surface area contributed by atoms with E-state index in [9.17, 15) is 8.42 Å². The molecule has 0 atom stereocenters. The SMILES string of the molecule is CCc1ccc(S(=O)(=O)N2CCN(C(=S)Nc3ccc4c(c3)OCO4)CC2)cc1. The minimum absolute atomic E-state index is 0.223. The van der Waals surface area contributed by atoms with Crippen LogP contribution in [0.2, 0.25) is 0 Å². The number of ether oxygens (including phenoxy) is 2. The number of thiocarbonyl (C=S) groups is 1. The number of hydrogen-bond acceptors (Lipinski definition) is 5. The Morgan fingerprint density at radius 2 is 1.72 bits per heavy atom. The maximum absolute atomic E-state index is 12.9. The minimum Gasteiger partial charge on any atom is -0.454 e. The number of hydrogen-bond donors (Lipinski definition) is 1. The van der Waals surface area contributed by atoms with Crippen molar-refractivity contribution in [2.45, 2.75) is 18.2 Å². The number of nitrogens with one attached hydrogen (secondary N) is 1. The summed E-state index contributed by atoms with van der Waals surface area (Å²) in [6, 6.07) is 12.7. The van der Waals surface area contributed by atoms with Gasteiger partial charge in [-0.2, -0.15) is 4.31 Å². The van der Waals surface area contributed by atoms with Crippen LogP contribution in [-0.4, -0.2) is 55.7 Å². The Balaban J connectivity index is 1.36. The minimum atomic E-state index is -3.49. The van der Waals surface area contributed by atoms with Crippen LogP contribution in [-0.2, 0) is 16.4 Å². The van der Waals surface area contributed by atoms with Gasteiger partial charge in [0.2, 0.25) is 16.8 Å². The molecule has 0 unspecified atom stereocenters. The lowest BCUT2D eigenvalue weighted by Gasteiger charge is -2.35. The summed E-state index contributed by atoms with van der Waals surface area (Å²) in [6.45, 7) is 4.11. The molecular formula is C20H23N3O4S2. The molecule has 0 aromatic heterocycles. The van der Waals surface area contributed by atoms with Crippen LogP contribution < -0.4 is 14.8 Å². The first-order valence-corrected chi connectivity index (χ1v) is 11.4. The lowest BCUT2D eigenvalue weighted by molar-refractivity contribution is 0.174. The molecule has 4 rings (SSSR count). The van der Waals surface area contributed by atoms with E-state index in [1.807, 2.05) is 42.2 Å². The first-order chi connectivity index (χ1) is 14.0. The molecule has 2 aromatic rings. The number of sulfonamides is 1.